The topological polar surface area (TPSA) is 23.9 Å². The lowest BCUT2D eigenvalue weighted by Gasteiger charge is -2.02. The van der Waals surface area contributed by atoms with Gasteiger partial charge >= 0.3 is 0 Å². The van der Waals surface area contributed by atoms with Gasteiger partial charge in [-0.05, 0) is 29.5 Å². The zero-order chi connectivity index (χ0) is 15.0. The molecule has 0 aliphatic rings. The van der Waals surface area contributed by atoms with Crippen LogP contribution in [-0.4, -0.2) is 5.71 Å². The highest BCUT2D eigenvalue weighted by molar-refractivity contribution is 5.96. The van der Waals surface area contributed by atoms with Crippen LogP contribution in [0.1, 0.15) is 39.7 Å². The van der Waals surface area contributed by atoms with E-state index in [9.17, 15) is 0 Å². The smallest absolute Gasteiger partial charge is 0.0355 e. The molecular formula is C19H25N. The molecule has 0 radical (unpaired) electrons. The second-order valence-electron chi connectivity index (χ2n) is 5.37. The van der Waals surface area contributed by atoms with Crippen molar-refractivity contribution >= 4 is 5.71 Å². The van der Waals surface area contributed by atoms with Crippen LogP contribution in [0.4, 0.5) is 0 Å². The van der Waals surface area contributed by atoms with Crippen molar-refractivity contribution in [3.8, 4) is 11.1 Å². The molecule has 20 heavy (non-hydrogen) atoms. The third kappa shape index (κ3) is 5.40. The summed E-state index contributed by atoms with van der Waals surface area (Å²) in [5, 5.41) is 7.51. The summed E-state index contributed by atoms with van der Waals surface area (Å²) in [5.74, 6) is 0.884. The van der Waals surface area contributed by atoms with Crippen LogP contribution in [0.5, 0.6) is 0 Å². The van der Waals surface area contributed by atoms with Crippen LogP contribution >= 0.6 is 0 Å². The van der Waals surface area contributed by atoms with Crippen LogP contribution in [0.3, 0.4) is 0 Å². The highest BCUT2D eigenvalue weighted by Gasteiger charge is 1.97. The second kappa shape index (κ2) is 8.31. The molecule has 0 fully saturated rings. The Morgan fingerprint density at radius 2 is 1.35 bits per heavy atom. The van der Waals surface area contributed by atoms with Gasteiger partial charge < -0.3 is 5.41 Å². The van der Waals surface area contributed by atoms with E-state index in [1.807, 2.05) is 30.3 Å². The number of rotatable bonds is 3. The molecule has 106 valence electrons. The molecule has 2 aromatic carbocycles. The predicted molar refractivity (Wildman–Crippen MR) is 89.5 cm³/mol. The van der Waals surface area contributed by atoms with E-state index < -0.39 is 0 Å². The van der Waals surface area contributed by atoms with Crippen molar-refractivity contribution in [1.29, 1.82) is 5.41 Å². The minimum absolute atomic E-state index is 0.606. The first-order valence-electron chi connectivity index (χ1n) is 7.25. The molecule has 1 nitrogen and oxygen atoms in total. The van der Waals surface area contributed by atoms with Crippen molar-refractivity contribution in [1.82, 2.24) is 0 Å². The van der Waals surface area contributed by atoms with Crippen molar-refractivity contribution in [2.45, 2.75) is 34.1 Å². The number of nitrogens with one attached hydrogen (secondary N) is 1. The van der Waals surface area contributed by atoms with Crippen molar-refractivity contribution in [2.75, 3.05) is 0 Å². The zero-order valence-corrected chi connectivity index (χ0v) is 13.0. The highest BCUT2D eigenvalue weighted by Crippen LogP contribution is 2.19. The van der Waals surface area contributed by atoms with Gasteiger partial charge in [0.1, 0.15) is 0 Å². The van der Waals surface area contributed by atoms with Gasteiger partial charge in [-0.15, -0.1) is 0 Å². The van der Waals surface area contributed by atoms with Gasteiger partial charge in [-0.3, -0.25) is 0 Å². The molecule has 0 saturated heterocycles. The third-order valence-corrected chi connectivity index (χ3v) is 3.24. The van der Waals surface area contributed by atoms with Crippen molar-refractivity contribution in [3.05, 3.63) is 60.2 Å². The van der Waals surface area contributed by atoms with E-state index in [0.29, 0.717) is 5.71 Å². The van der Waals surface area contributed by atoms with Crippen LogP contribution < -0.4 is 0 Å². The Morgan fingerprint density at radius 1 is 0.900 bits per heavy atom. The SMILES string of the molecule is CC(=N)c1ccc(-c2ccccc2)cc1.CCC(C)C. The molecule has 1 N–H and O–H groups in total. The number of hydrogen-bond donors (Lipinski definition) is 1. The van der Waals surface area contributed by atoms with Gasteiger partial charge in [0.2, 0.25) is 0 Å². The van der Waals surface area contributed by atoms with Crippen molar-refractivity contribution < 1.29 is 0 Å². The lowest BCUT2D eigenvalue weighted by atomic mass is 10.0. The van der Waals surface area contributed by atoms with Crippen LogP contribution in [0, 0.1) is 11.3 Å². The molecule has 0 spiro atoms. The molecule has 2 aromatic rings. The maximum Gasteiger partial charge on any atom is 0.0355 e. The maximum atomic E-state index is 7.51. The standard InChI is InChI=1S/C14H13N.C5H12/c1-11(15)12-7-9-14(10-8-12)13-5-3-2-4-6-13;1-4-5(2)3/h2-10,15H,1H3;5H,4H2,1-3H3. The van der Waals surface area contributed by atoms with Crippen LogP contribution in [0.15, 0.2) is 54.6 Å². The molecular weight excluding hydrogens is 242 g/mol. The Kier molecular flexibility index (Phi) is 6.72. The first kappa shape index (κ1) is 16.2. The summed E-state index contributed by atoms with van der Waals surface area (Å²) in [4.78, 5) is 0. The van der Waals surface area contributed by atoms with E-state index in [1.54, 1.807) is 6.92 Å². The van der Waals surface area contributed by atoms with Crippen LogP contribution in [0.2, 0.25) is 0 Å². The minimum atomic E-state index is 0.606. The van der Waals surface area contributed by atoms with E-state index >= 15 is 0 Å². The zero-order valence-electron chi connectivity index (χ0n) is 13.0. The van der Waals surface area contributed by atoms with Gasteiger partial charge in [-0.1, -0.05) is 81.8 Å². The molecule has 2 rings (SSSR count). The van der Waals surface area contributed by atoms with Crippen LogP contribution in [-0.2, 0) is 0 Å². The van der Waals surface area contributed by atoms with Gasteiger partial charge in [0.15, 0.2) is 0 Å². The first-order valence-corrected chi connectivity index (χ1v) is 7.25. The van der Waals surface area contributed by atoms with Gasteiger partial charge in [-0.25, -0.2) is 0 Å². The highest BCUT2D eigenvalue weighted by atomic mass is 14.4. The fourth-order valence-corrected chi connectivity index (χ4v) is 1.54. The van der Waals surface area contributed by atoms with Gasteiger partial charge in [0.05, 0.1) is 0 Å². The Labute approximate surface area is 123 Å². The molecule has 0 atom stereocenters. The van der Waals surface area contributed by atoms with Crippen molar-refractivity contribution in [3.63, 3.8) is 0 Å². The fraction of sp³-hybridized carbons (Fsp3) is 0.316. The van der Waals surface area contributed by atoms with E-state index in [4.69, 9.17) is 5.41 Å². The molecule has 0 bridgehead atoms. The lowest BCUT2D eigenvalue weighted by molar-refractivity contribution is 0.626. The third-order valence-electron chi connectivity index (χ3n) is 3.24. The van der Waals surface area contributed by atoms with Gasteiger partial charge in [0.25, 0.3) is 0 Å². The summed E-state index contributed by atoms with van der Waals surface area (Å²) in [5.41, 5.74) is 4.00. The Morgan fingerprint density at radius 3 is 1.75 bits per heavy atom. The quantitative estimate of drug-likeness (QED) is 0.680. The molecule has 0 unspecified atom stereocenters. The minimum Gasteiger partial charge on any atom is -0.305 e. The molecule has 0 heterocycles. The molecule has 0 aliphatic carbocycles. The molecule has 0 aromatic heterocycles. The Balaban J connectivity index is 0.000000347. The summed E-state index contributed by atoms with van der Waals surface area (Å²) in [6.45, 7) is 8.45. The van der Waals surface area contributed by atoms with Crippen LogP contribution in [0.25, 0.3) is 11.1 Å². The maximum absolute atomic E-state index is 7.51. The number of benzene rings is 2. The average Bonchev–Trinajstić information content (AvgIpc) is 2.49. The van der Waals surface area contributed by atoms with E-state index in [-0.39, 0.29) is 0 Å². The van der Waals surface area contributed by atoms with E-state index in [2.05, 4.69) is 45.0 Å². The summed E-state index contributed by atoms with van der Waals surface area (Å²) in [6.07, 6.45) is 1.31. The van der Waals surface area contributed by atoms with E-state index in [1.165, 1.54) is 17.5 Å². The summed E-state index contributed by atoms with van der Waals surface area (Å²) in [6, 6.07) is 18.4. The fourth-order valence-electron chi connectivity index (χ4n) is 1.54. The summed E-state index contributed by atoms with van der Waals surface area (Å²) >= 11 is 0. The Bertz CT molecular complexity index is 509. The summed E-state index contributed by atoms with van der Waals surface area (Å²) < 4.78 is 0. The second-order valence-corrected chi connectivity index (χ2v) is 5.37. The summed E-state index contributed by atoms with van der Waals surface area (Å²) in [7, 11) is 0. The number of hydrogen-bond acceptors (Lipinski definition) is 1. The normalized spacial score (nSPS) is 9.85. The molecule has 0 aliphatic heterocycles. The molecule has 0 saturated carbocycles. The monoisotopic (exact) mass is 267 g/mol. The van der Waals surface area contributed by atoms with Gasteiger partial charge in [-0.2, -0.15) is 0 Å². The van der Waals surface area contributed by atoms with E-state index in [0.717, 1.165) is 11.5 Å². The average molecular weight is 267 g/mol. The van der Waals surface area contributed by atoms with Crippen molar-refractivity contribution in [2.24, 2.45) is 5.92 Å². The van der Waals surface area contributed by atoms with Gasteiger partial charge in [0, 0.05) is 5.71 Å². The molecule has 0 amide bonds. The lowest BCUT2D eigenvalue weighted by Crippen LogP contribution is -1.90. The first-order chi connectivity index (χ1) is 9.54. The largest absolute Gasteiger partial charge is 0.305 e. The predicted octanol–water partition coefficient (Wildman–Crippen LogP) is 5.79. The Hall–Kier alpha value is -1.89. The molecule has 1 heteroatoms.